The third kappa shape index (κ3) is 3.81. The van der Waals surface area contributed by atoms with Crippen molar-refractivity contribution in [1.82, 2.24) is 15.1 Å². The summed E-state index contributed by atoms with van der Waals surface area (Å²) in [6.07, 6.45) is 0.600. The predicted molar refractivity (Wildman–Crippen MR) is 145 cm³/mol. The summed E-state index contributed by atoms with van der Waals surface area (Å²) in [5.41, 5.74) is 5.96. The van der Waals surface area contributed by atoms with E-state index >= 15 is 0 Å². The van der Waals surface area contributed by atoms with E-state index < -0.39 is 12.3 Å². The van der Waals surface area contributed by atoms with Crippen LogP contribution in [0.15, 0.2) is 6.07 Å². The monoisotopic (exact) mass is 537 g/mol. The van der Waals surface area contributed by atoms with E-state index in [2.05, 4.69) is 21.2 Å². The van der Waals surface area contributed by atoms with Gasteiger partial charge >= 0.3 is 0 Å². The molecule has 0 radical (unpaired) electrons. The number of hydrogen-bond donors (Lipinski definition) is 4. The Morgan fingerprint density at radius 1 is 1.05 bits per heavy atom. The van der Waals surface area contributed by atoms with E-state index in [1.807, 2.05) is 41.7 Å². The minimum absolute atomic E-state index is 0.0539. The van der Waals surface area contributed by atoms with E-state index in [1.54, 1.807) is 0 Å². The van der Waals surface area contributed by atoms with Gasteiger partial charge in [-0.1, -0.05) is 19.9 Å². The lowest BCUT2D eigenvalue weighted by Crippen LogP contribution is -2.69. The molecule has 5 atom stereocenters. The van der Waals surface area contributed by atoms with E-state index in [0.29, 0.717) is 42.1 Å². The van der Waals surface area contributed by atoms with Gasteiger partial charge in [-0.05, 0) is 63.3 Å². The maximum Gasteiger partial charge on any atom is 0.231 e. The summed E-state index contributed by atoms with van der Waals surface area (Å²) in [4.78, 5) is 17.1. The van der Waals surface area contributed by atoms with Gasteiger partial charge in [0, 0.05) is 41.3 Å². The largest absolute Gasteiger partial charge is 0.507 e. The van der Waals surface area contributed by atoms with Gasteiger partial charge in [0.05, 0.1) is 18.1 Å². The highest BCUT2D eigenvalue weighted by atomic mass is 16.7. The molecule has 0 saturated carbocycles. The minimum atomic E-state index is -0.838. The zero-order valence-electron chi connectivity index (χ0n) is 23.5. The Morgan fingerprint density at radius 3 is 2.49 bits per heavy atom. The number of aromatic hydroxyl groups is 2. The Balaban J connectivity index is 1.52. The van der Waals surface area contributed by atoms with Crippen LogP contribution in [-0.2, 0) is 17.6 Å². The molecule has 9 nitrogen and oxygen atoms in total. The van der Waals surface area contributed by atoms with Crippen molar-refractivity contribution >= 4 is 5.91 Å². The second-order valence-corrected chi connectivity index (χ2v) is 12.1. The van der Waals surface area contributed by atoms with Gasteiger partial charge in [0.25, 0.3) is 0 Å². The van der Waals surface area contributed by atoms with Crippen LogP contribution >= 0.6 is 0 Å². The summed E-state index contributed by atoms with van der Waals surface area (Å²) < 4.78 is 11.7. The van der Waals surface area contributed by atoms with E-state index in [4.69, 9.17) is 9.47 Å². The molecule has 2 aromatic rings. The van der Waals surface area contributed by atoms with Crippen molar-refractivity contribution in [2.75, 3.05) is 20.4 Å². The zero-order valence-corrected chi connectivity index (χ0v) is 23.5. The molecule has 210 valence electrons. The SMILES string of the molecule is Cc1cc2c(c(O)c1C)[C@@H]1C3Cc4c(O)c(C)c5c(c4[C@H](CNC(=O)CC(C)C)N3C(O)[C@H](C2)N1C)OCO5. The molecule has 39 heavy (non-hydrogen) atoms. The Labute approximate surface area is 229 Å². The van der Waals surface area contributed by atoms with Gasteiger partial charge in [0.2, 0.25) is 12.7 Å². The van der Waals surface area contributed by atoms with Crippen LogP contribution in [0.25, 0.3) is 0 Å². The van der Waals surface area contributed by atoms with Gasteiger partial charge < -0.3 is 30.1 Å². The molecule has 2 unspecified atom stereocenters. The quantitative estimate of drug-likeness (QED) is 0.471. The van der Waals surface area contributed by atoms with Crippen molar-refractivity contribution in [3.05, 3.63) is 45.0 Å². The molecule has 1 amide bonds. The topological polar surface area (TPSA) is 115 Å². The molecule has 0 spiro atoms. The Morgan fingerprint density at radius 2 is 1.77 bits per heavy atom. The number of carbonyl (C=O) groups is 1. The van der Waals surface area contributed by atoms with Crippen LogP contribution in [0.5, 0.6) is 23.0 Å². The standard InChI is InChI=1S/C30H39N3O6/c1-13(2)7-22(34)31-11-21-24-18(26(35)16(5)28-29(24)39-12-38-28)10-19-25-23-17(8-14(3)15(4)27(23)36)9-20(32(25)6)30(37)33(19)21/h8,13,19-21,25,30,35-37H,7,9-12H2,1-6H3,(H,31,34)/t19?,20-,21-,25-,30?/m0/s1. The molecule has 4 aliphatic rings. The van der Waals surface area contributed by atoms with Crippen molar-refractivity contribution in [1.29, 1.82) is 0 Å². The molecule has 0 aliphatic carbocycles. The average Bonchev–Trinajstić information content (AvgIpc) is 3.37. The molecule has 9 heteroatoms. The van der Waals surface area contributed by atoms with Crippen LogP contribution in [0.3, 0.4) is 0 Å². The molecule has 0 aromatic heterocycles. The van der Waals surface area contributed by atoms with E-state index in [9.17, 15) is 20.1 Å². The number of fused-ring (bicyclic) bond motifs is 9. The number of aliphatic hydroxyl groups excluding tert-OH is 1. The van der Waals surface area contributed by atoms with E-state index in [0.717, 1.165) is 33.4 Å². The fourth-order valence-corrected chi connectivity index (χ4v) is 7.37. The molecule has 2 bridgehead atoms. The summed E-state index contributed by atoms with van der Waals surface area (Å²) in [7, 11) is 2.01. The third-order valence-corrected chi connectivity index (χ3v) is 9.38. The first-order valence-electron chi connectivity index (χ1n) is 13.9. The number of piperazine rings is 1. The Bertz CT molecular complexity index is 1360. The van der Waals surface area contributed by atoms with Gasteiger partial charge in [-0.3, -0.25) is 14.6 Å². The highest BCUT2D eigenvalue weighted by Gasteiger charge is 2.56. The summed E-state index contributed by atoms with van der Waals surface area (Å²) in [6.45, 7) is 10.1. The van der Waals surface area contributed by atoms with Crippen molar-refractivity contribution in [2.45, 2.75) is 84.3 Å². The number of benzene rings is 2. The number of nitrogens with one attached hydrogen (secondary N) is 1. The second kappa shape index (κ2) is 9.28. The second-order valence-electron chi connectivity index (χ2n) is 12.1. The molecule has 1 saturated heterocycles. The van der Waals surface area contributed by atoms with Crippen LogP contribution in [0.2, 0.25) is 0 Å². The highest BCUT2D eigenvalue weighted by molar-refractivity contribution is 5.76. The van der Waals surface area contributed by atoms with Crippen LogP contribution in [0.1, 0.15) is 71.3 Å². The van der Waals surface area contributed by atoms with E-state index in [1.165, 1.54) is 0 Å². The number of phenolic OH excluding ortho intramolecular Hbond substituents is 2. The molecule has 6 rings (SSSR count). The van der Waals surface area contributed by atoms with Gasteiger partial charge in [-0.15, -0.1) is 0 Å². The number of nitrogens with zero attached hydrogens (tertiary/aromatic N) is 2. The fraction of sp³-hybridized carbons (Fsp3) is 0.567. The summed E-state index contributed by atoms with van der Waals surface area (Å²) in [5, 5.41) is 37.9. The molecule has 1 fully saturated rings. The summed E-state index contributed by atoms with van der Waals surface area (Å²) in [5.74, 6) is 1.71. The van der Waals surface area contributed by atoms with Crippen molar-refractivity contribution < 1.29 is 29.6 Å². The number of aryl methyl sites for hydroxylation is 1. The average molecular weight is 538 g/mol. The van der Waals surface area contributed by atoms with Crippen molar-refractivity contribution in [3.8, 4) is 23.0 Å². The zero-order chi connectivity index (χ0) is 27.9. The fourth-order valence-electron chi connectivity index (χ4n) is 7.37. The number of amides is 1. The van der Waals surface area contributed by atoms with Crippen LogP contribution < -0.4 is 14.8 Å². The van der Waals surface area contributed by atoms with Crippen molar-refractivity contribution in [3.63, 3.8) is 0 Å². The third-order valence-electron chi connectivity index (χ3n) is 9.38. The number of ether oxygens (including phenoxy) is 2. The number of aliphatic hydroxyl groups is 1. The lowest BCUT2D eigenvalue weighted by atomic mass is 9.73. The molecule has 4 N–H and O–H groups in total. The van der Waals surface area contributed by atoms with Gasteiger partial charge in [0.1, 0.15) is 17.7 Å². The van der Waals surface area contributed by atoms with Gasteiger partial charge in [-0.25, -0.2) is 0 Å². The first-order chi connectivity index (χ1) is 18.5. The van der Waals surface area contributed by atoms with Crippen molar-refractivity contribution in [2.24, 2.45) is 5.92 Å². The molecular formula is C30H39N3O6. The normalized spacial score (nSPS) is 27.2. The first-order valence-corrected chi connectivity index (χ1v) is 13.9. The lowest BCUT2D eigenvalue weighted by Gasteiger charge is -2.60. The van der Waals surface area contributed by atoms with Gasteiger partial charge in [-0.2, -0.15) is 0 Å². The number of hydrogen-bond acceptors (Lipinski definition) is 8. The lowest BCUT2D eigenvalue weighted by molar-refractivity contribution is -0.172. The van der Waals surface area contributed by atoms with Gasteiger partial charge in [0.15, 0.2) is 11.5 Å². The summed E-state index contributed by atoms with van der Waals surface area (Å²) in [6, 6.07) is 0.993. The Kier molecular flexibility index (Phi) is 6.24. The maximum atomic E-state index is 12.8. The summed E-state index contributed by atoms with van der Waals surface area (Å²) >= 11 is 0. The first kappa shape index (κ1) is 26.2. The van der Waals surface area contributed by atoms with Crippen LogP contribution in [0.4, 0.5) is 0 Å². The number of carbonyl (C=O) groups excluding carboxylic acids is 1. The predicted octanol–water partition coefficient (Wildman–Crippen LogP) is 3.11. The highest BCUT2D eigenvalue weighted by Crippen LogP contribution is 2.57. The molecule has 4 heterocycles. The Hall–Kier alpha value is -3.01. The molecular weight excluding hydrogens is 498 g/mol. The number of phenols is 2. The number of likely N-dealkylation sites (N-methyl/N-ethyl adjacent to an activating group) is 1. The minimum Gasteiger partial charge on any atom is -0.507 e. The van der Waals surface area contributed by atoms with E-state index in [-0.39, 0.29) is 49.0 Å². The molecule has 4 aliphatic heterocycles. The molecule has 2 aromatic carbocycles. The smallest absolute Gasteiger partial charge is 0.231 e. The van der Waals surface area contributed by atoms with Crippen LogP contribution in [0, 0.1) is 26.7 Å². The van der Waals surface area contributed by atoms with Crippen LogP contribution in [-0.4, -0.2) is 69.7 Å². The maximum absolute atomic E-state index is 12.8. The number of rotatable bonds is 4.